The molecular formula is C11H15FN2O. The third kappa shape index (κ3) is 3.16. The summed E-state index contributed by atoms with van der Waals surface area (Å²) in [5.74, 6) is 0.188. The van der Waals surface area contributed by atoms with E-state index < -0.39 is 0 Å². The number of hydrogen-bond donors (Lipinski definition) is 1. The zero-order chi connectivity index (χ0) is 10.5. The van der Waals surface area contributed by atoms with Crippen LogP contribution in [0.5, 0.6) is 5.88 Å². The lowest BCUT2D eigenvalue weighted by Gasteiger charge is -2.15. The number of aromatic nitrogens is 1. The summed E-state index contributed by atoms with van der Waals surface area (Å²) in [6, 6.07) is 2.95. The molecule has 0 spiro atoms. The Hall–Kier alpha value is -1.16. The maximum absolute atomic E-state index is 12.6. The molecule has 82 valence electrons. The van der Waals surface area contributed by atoms with E-state index in [0.717, 1.165) is 32.4 Å². The Morgan fingerprint density at radius 1 is 1.33 bits per heavy atom. The third-order valence-electron chi connectivity index (χ3n) is 2.51. The summed E-state index contributed by atoms with van der Waals surface area (Å²) in [4.78, 5) is 3.89. The van der Waals surface area contributed by atoms with Gasteiger partial charge in [0.05, 0.1) is 6.20 Å². The van der Waals surface area contributed by atoms with Crippen molar-refractivity contribution in [2.45, 2.75) is 25.4 Å². The Bertz CT molecular complexity index is 294. The van der Waals surface area contributed by atoms with E-state index in [0.29, 0.717) is 5.88 Å². The molecule has 1 aromatic rings. The van der Waals surface area contributed by atoms with Crippen LogP contribution < -0.4 is 10.1 Å². The Balaban J connectivity index is 1.92. The van der Waals surface area contributed by atoms with Gasteiger partial charge in [0.15, 0.2) is 0 Å². The summed E-state index contributed by atoms with van der Waals surface area (Å²) in [7, 11) is 0. The number of hydrogen-bond acceptors (Lipinski definition) is 3. The van der Waals surface area contributed by atoms with E-state index >= 15 is 0 Å². The highest BCUT2D eigenvalue weighted by Gasteiger charge is 2.13. The monoisotopic (exact) mass is 210 g/mol. The van der Waals surface area contributed by atoms with Crippen molar-refractivity contribution < 1.29 is 9.13 Å². The second-order valence-electron chi connectivity index (χ2n) is 3.74. The fraction of sp³-hybridized carbons (Fsp3) is 0.545. The van der Waals surface area contributed by atoms with Crippen molar-refractivity contribution in [3.63, 3.8) is 0 Å². The summed E-state index contributed by atoms with van der Waals surface area (Å²) in [6.07, 6.45) is 4.53. The number of ether oxygens (including phenoxy) is 1. The maximum Gasteiger partial charge on any atom is 0.213 e. The number of halogens is 1. The van der Waals surface area contributed by atoms with Gasteiger partial charge in [0.1, 0.15) is 11.9 Å². The predicted molar refractivity (Wildman–Crippen MR) is 55.3 cm³/mol. The van der Waals surface area contributed by atoms with Crippen LogP contribution in [-0.2, 0) is 0 Å². The van der Waals surface area contributed by atoms with Crippen LogP contribution >= 0.6 is 0 Å². The average Bonchev–Trinajstić information content (AvgIpc) is 2.50. The molecule has 1 unspecified atom stereocenters. The van der Waals surface area contributed by atoms with Crippen LogP contribution in [-0.4, -0.2) is 24.2 Å². The van der Waals surface area contributed by atoms with Crippen molar-refractivity contribution >= 4 is 0 Å². The van der Waals surface area contributed by atoms with Gasteiger partial charge in [-0.15, -0.1) is 0 Å². The van der Waals surface area contributed by atoms with Crippen molar-refractivity contribution in [3.8, 4) is 5.88 Å². The Labute approximate surface area is 88.7 Å². The first kappa shape index (κ1) is 10.4. The molecule has 2 heterocycles. The number of pyridine rings is 1. The summed E-state index contributed by atoms with van der Waals surface area (Å²) >= 11 is 0. The van der Waals surface area contributed by atoms with Gasteiger partial charge in [-0.2, -0.15) is 0 Å². The van der Waals surface area contributed by atoms with Gasteiger partial charge in [-0.3, -0.25) is 0 Å². The van der Waals surface area contributed by atoms with E-state index in [-0.39, 0.29) is 11.9 Å². The summed E-state index contributed by atoms with van der Waals surface area (Å²) in [5, 5.41) is 3.31. The number of nitrogens with one attached hydrogen (secondary N) is 1. The van der Waals surface area contributed by atoms with E-state index in [1.54, 1.807) is 6.07 Å². The molecule has 1 fully saturated rings. The first-order valence-corrected chi connectivity index (χ1v) is 5.33. The molecule has 0 saturated carbocycles. The first-order chi connectivity index (χ1) is 7.34. The minimum atomic E-state index is -0.329. The molecule has 15 heavy (non-hydrogen) atoms. The van der Waals surface area contributed by atoms with Crippen molar-refractivity contribution in [3.05, 3.63) is 24.1 Å². The molecule has 1 N–H and O–H groups in total. The van der Waals surface area contributed by atoms with E-state index in [4.69, 9.17) is 4.74 Å². The molecule has 0 amide bonds. The first-order valence-electron chi connectivity index (χ1n) is 5.33. The van der Waals surface area contributed by atoms with Crippen LogP contribution in [0.4, 0.5) is 4.39 Å². The zero-order valence-electron chi connectivity index (χ0n) is 8.58. The van der Waals surface area contributed by atoms with E-state index in [9.17, 15) is 4.39 Å². The molecule has 1 aromatic heterocycles. The SMILES string of the molecule is Fc1ccc(OC2CCCNCC2)nc1. The molecule has 0 aromatic carbocycles. The van der Waals surface area contributed by atoms with Crippen molar-refractivity contribution in [1.82, 2.24) is 10.3 Å². The van der Waals surface area contributed by atoms with Crippen LogP contribution in [0.1, 0.15) is 19.3 Å². The fourth-order valence-electron chi connectivity index (χ4n) is 1.71. The van der Waals surface area contributed by atoms with Gasteiger partial charge in [0.2, 0.25) is 5.88 Å². The topological polar surface area (TPSA) is 34.1 Å². The zero-order valence-corrected chi connectivity index (χ0v) is 8.58. The summed E-state index contributed by atoms with van der Waals surface area (Å²) < 4.78 is 18.3. The van der Waals surface area contributed by atoms with Gasteiger partial charge in [0, 0.05) is 6.07 Å². The lowest BCUT2D eigenvalue weighted by atomic mass is 10.2. The highest BCUT2D eigenvalue weighted by molar-refractivity contribution is 5.11. The molecule has 1 atom stereocenters. The molecule has 1 aliphatic heterocycles. The van der Waals surface area contributed by atoms with Crippen LogP contribution in [0.15, 0.2) is 18.3 Å². The molecule has 0 radical (unpaired) electrons. The lowest BCUT2D eigenvalue weighted by molar-refractivity contribution is 0.179. The minimum Gasteiger partial charge on any atom is -0.474 e. The van der Waals surface area contributed by atoms with Crippen LogP contribution in [0, 0.1) is 5.82 Å². The normalized spacial score (nSPS) is 22.1. The van der Waals surface area contributed by atoms with Gasteiger partial charge in [-0.25, -0.2) is 9.37 Å². The average molecular weight is 210 g/mol. The van der Waals surface area contributed by atoms with Crippen molar-refractivity contribution in [1.29, 1.82) is 0 Å². The lowest BCUT2D eigenvalue weighted by Crippen LogP contribution is -2.19. The number of nitrogens with zero attached hydrogens (tertiary/aromatic N) is 1. The van der Waals surface area contributed by atoms with Crippen LogP contribution in [0.25, 0.3) is 0 Å². The molecule has 4 heteroatoms. The predicted octanol–water partition coefficient (Wildman–Crippen LogP) is 1.74. The highest BCUT2D eigenvalue weighted by atomic mass is 19.1. The van der Waals surface area contributed by atoms with Gasteiger partial charge in [0.25, 0.3) is 0 Å². The molecule has 0 aliphatic carbocycles. The second-order valence-corrected chi connectivity index (χ2v) is 3.74. The van der Waals surface area contributed by atoms with Gasteiger partial charge >= 0.3 is 0 Å². The quantitative estimate of drug-likeness (QED) is 0.807. The maximum atomic E-state index is 12.6. The smallest absolute Gasteiger partial charge is 0.213 e. The van der Waals surface area contributed by atoms with Crippen molar-refractivity contribution in [2.75, 3.05) is 13.1 Å². The Morgan fingerprint density at radius 2 is 2.27 bits per heavy atom. The molecule has 2 rings (SSSR count). The second kappa shape index (κ2) is 5.07. The fourth-order valence-corrected chi connectivity index (χ4v) is 1.71. The Morgan fingerprint density at radius 3 is 3.07 bits per heavy atom. The highest BCUT2D eigenvalue weighted by Crippen LogP contribution is 2.14. The van der Waals surface area contributed by atoms with Crippen LogP contribution in [0.3, 0.4) is 0 Å². The minimum absolute atomic E-state index is 0.206. The molecule has 0 bridgehead atoms. The van der Waals surface area contributed by atoms with Gasteiger partial charge in [-0.05, 0) is 38.4 Å². The van der Waals surface area contributed by atoms with Gasteiger partial charge in [-0.1, -0.05) is 0 Å². The van der Waals surface area contributed by atoms with E-state index in [1.165, 1.54) is 12.3 Å². The van der Waals surface area contributed by atoms with E-state index in [2.05, 4.69) is 10.3 Å². The van der Waals surface area contributed by atoms with Gasteiger partial charge < -0.3 is 10.1 Å². The third-order valence-corrected chi connectivity index (χ3v) is 2.51. The Kier molecular flexibility index (Phi) is 3.50. The summed E-state index contributed by atoms with van der Waals surface area (Å²) in [5.41, 5.74) is 0. The van der Waals surface area contributed by atoms with Crippen LogP contribution in [0.2, 0.25) is 0 Å². The summed E-state index contributed by atoms with van der Waals surface area (Å²) in [6.45, 7) is 2.03. The van der Waals surface area contributed by atoms with Crippen molar-refractivity contribution in [2.24, 2.45) is 0 Å². The molecule has 1 saturated heterocycles. The molecule has 1 aliphatic rings. The molecular weight excluding hydrogens is 195 g/mol. The molecule has 3 nitrogen and oxygen atoms in total. The standard InChI is InChI=1S/C11H15FN2O/c12-9-3-4-11(14-8-9)15-10-2-1-6-13-7-5-10/h3-4,8,10,13H,1-2,5-7H2. The largest absolute Gasteiger partial charge is 0.474 e. The number of rotatable bonds is 2. The van der Waals surface area contributed by atoms with E-state index in [1.807, 2.05) is 0 Å².